The summed E-state index contributed by atoms with van der Waals surface area (Å²) >= 11 is 0. The van der Waals surface area contributed by atoms with E-state index in [2.05, 4.69) is 9.97 Å². The predicted octanol–water partition coefficient (Wildman–Crippen LogP) is 3.46. The van der Waals surface area contributed by atoms with Crippen LogP contribution in [0.1, 0.15) is 46.7 Å². The fourth-order valence-corrected chi connectivity index (χ4v) is 3.75. The lowest BCUT2D eigenvalue weighted by Crippen LogP contribution is -2.30. The molecule has 1 aliphatic carbocycles. The van der Waals surface area contributed by atoms with Gasteiger partial charge in [-0.1, -0.05) is 0 Å². The standard InChI is InChI=1S/C20H19F2N3O2/c1-10(25(2)20(27)18-6-11-4-3-5-17(11)24-18)14-9-23-19(26)13-8-16(22)15(21)7-12(13)14/h6-10,24H,3-5H2,1-2H3,(H,23,26). The highest BCUT2D eigenvalue weighted by Gasteiger charge is 2.25. The van der Waals surface area contributed by atoms with Crippen molar-refractivity contribution in [2.24, 2.45) is 0 Å². The summed E-state index contributed by atoms with van der Waals surface area (Å²) in [6, 6.07) is 3.32. The second-order valence-electron chi connectivity index (χ2n) is 7.02. The molecule has 0 saturated carbocycles. The van der Waals surface area contributed by atoms with Gasteiger partial charge in [0.05, 0.1) is 11.4 Å². The molecular weight excluding hydrogens is 352 g/mol. The number of H-pyrrole nitrogens is 2. The molecule has 0 spiro atoms. The van der Waals surface area contributed by atoms with Crippen LogP contribution in [0.15, 0.2) is 29.2 Å². The van der Waals surface area contributed by atoms with Gasteiger partial charge in [0.15, 0.2) is 11.6 Å². The number of benzene rings is 1. The molecule has 0 saturated heterocycles. The summed E-state index contributed by atoms with van der Waals surface area (Å²) in [5, 5.41) is 0.344. The summed E-state index contributed by atoms with van der Waals surface area (Å²) in [7, 11) is 1.65. The lowest BCUT2D eigenvalue weighted by molar-refractivity contribution is 0.0738. The van der Waals surface area contributed by atoms with Crippen molar-refractivity contribution < 1.29 is 13.6 Å². The Hall–Kier alpha value is -2.96. The Bertz CT molecular complexity index is 1090. The number of fused-ring (bicyclic) bond motifs is 2. The number of rotatable bonds is 3. The van der Waals surface area contributed by atoms with E-state index < -0.39 is 23.2 Å². The Morgan fingerprint density at radius 3 is 2.56 bits per heavy atom. The number of pyridine rings is 1. The Balaban J connectivity index is 1.72. The fourth-order valence-electron chi connectivity index (χ4n) is 3.75. The SMILES string of the molecule is CC(c1c[nH]c(=O)c2cc(F)c(F)cc12)N(C)C(=O)c1cc2c([nH]1)CCC2. The molecule has 7 heteroatoms. The van der Waals surface area contributed by atoms with Crippen molar-refractivity contribution in [3.8, 4) is 0 Å². The van der Waals surface area contributed by atoms with Gasteiger partial charge < -0.3 is 14.9 Å². The quantitative estimate of drug-likeness (QED) is 0.740. The molecule has 27 heavy (non-hydrogen) atoms. The molecule has 140 valence electrons. The normalized spacial score (nSPS) is 14.4. The zero-order valence-electron chi connectivity index (χ0n) is 15.0. The molecule has 1 unspecified atom stereocenters. The Morgan fingerprint density at radius 2 is 1.85 bits per heavy atom. The molecule has 1 aromatic carbocycles. The second-order valence-corrected chi connectivity index (χ2v) is 7.02. The Labute approximate surface area is 154 Å². The summed E-state index contributed by atoms with van der Waals surface area (Å²) in [6.45, 7) is 1.78. The number of aromatic amines is 2. The van der Waals surface area contributed by atoms with Gasteiger partial charge in [-0.3, -0.25) is 9.59 Å². The number of hydrogen-bond donors (Lipinski definition) is 2. The predicted molar refractivity (Wildman–Crippen MR) is 97.8 cm³/mol. The van der Waals surface area contributed by atoms with E-state index in [-0.39, 0.29) is 11.3 Å². The van der Waals surface area contributed by atoms with E-state index in [1.54, 1.807) is 14.0 Å². The number of amides is 1. The van der Waals surface area contributed by atoms with Crippen molar-refractivity contribution in [2.45, 2.75) is 32.2 Å². The van der Waals surface area contributed by atoms with Crippen LogP contribution in [0.2, 0.25) is 0 Å². The summed E-state index contributed by atoms with van der Waals surface area (Å²) in [4.78, 5) is 32.1. The molecule has 3 aromatic rings. The van der Waals surface area contributed by atoms with Crippen molar-refractivity contribution in [2.75, 3.05) is 7.05 Å². The molecule has 0 radical (unpaired) electrons. The maximum absolute atomic E-state index is 13.8. The topological polar surface area (TPSA) is 69.0 Å². The second kappa shape index (κ2) is 6.33. The van der Waals surface area contributed by atoms with Gasteiger partial charge >= 0.3 is 0 Å². The van der Waals surface area contributed by atoms with Crippen LogP contribution in [0.25, 0.3) is 10.8 Å². The molecule has 2 aromatic heterocycles. The van der Waals surface area contributed by atoms with Crippen LogP contribution >= 0.6 is 0 Å². The van der Waals surface area contributed by atoms with Crippen LogP contribution < -0.4 is 5.56 Å². The number of halogens is 2. The summed E-state index contributed by atoms with van der Waals surface area (Å²) in [5.74, 6) is -2.31. The number of nitrogens with one attached hydrogen (secondary N) is 2. The fraction of sp³-hybridized carbons (Fsp3) is 0.300. The maximum atomic E-state index is 13.8. The maximum Gasteiger partial charge on any atom is 0.270 e. The largest absolute Gasteiger partial charge is 0.354 e. The van der Waals surface area contributed by atoms with Gasteiger partial charge in [0.2, 0.25) is 0 Å². The van der Waals surface area contributed by atoms with Crippen LogP contribution in [0.4, 0.5) is 8.78 Å². The van der Waals surface area contributed by atoms with E-state index in [1.165, 1.54) is 16.7 Å². The highest BCUT2D eigenvalue weighted by Crippen LogP contribution is 2.29. The van der Waals surface area contributed by atoms with Crippen LogP contribution in [0, 0.1) is 11.6 Å². The lowest BCUT2D eigenvalue weighted by atomic mass is 10.0. The number of carbonyl (C=O) groups excluding carboxylic acids is 1. The van der Waals surface area contributed by atoms with Crippen LogP contribution in [-0.2, 0) is 12.8 Å². The van der Waals surface area contributed by atoms with Gasteiger partial charge in [-0.05, 0) is 60.9 Å². The molecule has 0 fully saturated rings. The van der Waals surface area contributed by atoms with E-state index in [0.717, 1.165) is 37.1 Å². The monoisotopic (exact) mass is 371 g/mol. The van der Waals surface area contributed by atoms with E-state index in [9.17, 15) is 18.4 Å². The minimum absolute atomic E-state index is 0.0537. The highest BCUT2D eigenvalue weighted by atomic mass is 19.2. The smallest absolute Gasteiger partial charge is 0.270 e. The zero-order chi connectivity index (χ0) is 19.3. The van der Waals surface area contributed by atoms with Crippen molar-refractivity contribution in [1.82, 2.24) is 14.9 Å². The van der Waals surface area contributed by atoms with Crippen LogP contribution in [0.5, 0.6) is 0 Å². The average Bonchev–Trinajstić information content (AvgIpc) is 3.24. The van der Waals surface area contributed by atoms with Crippen molar-refractivity contribution in [3.63, 3.8) is 0 Å². The van der Waals surface area contributed by atoms with E-state index in [4.69, 9.17) is 0 Å². The first-order chi connectivity index (χ1) is 12.9. The first kappa shape index (κ1) is 17.5. The lowest BCUT2D eigenvalue weighted by Gasteiger charge is -2.26. The summed E-state index contributed by atoms with van der Waals surface area (Å²) in [5.41, 5.74) is 2.82. The summed E-state index contributed by atoms with van der Waals surface area (Å²) in [6.07, 6.45) is 4.45. The van der Waals surface area contributed by atoms with E-state index in [1.807, 2.05) is 6.07 Å². The summed E-state index contributed by atoms with van der Waals surface area (Å²) < 4.78 is 27.3. The molecule has 4 rings (SSSR count). The van der Waals surface area contributed by atoms with Gasteiger partial charge in [-0.15, -0.1) is 0 Å². The minimum Gasteiger partial charge on any atom is -0.354 e. The first-order valence-corrected chi connectivity index (χ1v) is 8.85. The number of aromatic nitrogens is 2. The first-order valence-electron chi connectivity index (χ1n) is 8.85. The molecule has 2 N–H and O–H groups in total. The highest BCUT2D eigenvalue weighted by molar-refractivity contribution is 5.94. The van der Waals surface area contributed by atoms with E-state index in [0.29, 0.717) is 16.6 Å². The Morgan fingerprint density at radius 1 is 1.15 bits per heavy atom. The Kier molecular flexibility index (Phi) is 4.09. The van der Waals surface area contributed by atoms with Crippen LogP contribution in [0.3, 0.4) is 0 Å². The third kappa shape index (κ3) is 2.83. The molecule has 1 aliphatic rings. The van der Waals surface area contributed by atoms with Gasteiger partial charge in [0.1, 0.15) is 5.69 Å². The minimum atomic E-state index is -1.08. The number of carbonyl (C=O) groups is 1. The van der Waals surface area contributed by atoms with E-state index >= 15 is 0 Å². The molecular formula is C20H19F2N3O2. The molecule has 5 nitrogen and oxygen atoms in total. The van der Waals surface area contributed by atoms with Gasteiger partial charge in [-0.25, -0.2) is 8.78 Å². The zero-order valence-corrected chi connectivity index (χ0v) is 15.0. The van der Waals surface area contributed by atoms with Crippen molar-refractivity contribution in [1.29, 1.82) is 0 Å². The van der Waals surface area contributed by atoms with Gasteiger partial charge in [0, 0.05) is 18.9 Å². The van der Waals surface area contributed by atoms with Gasteiger partial charge in [0.25, 0.3) is 11.5 Å². The number of nitrogens with zero attached hydrogens (tertiary/aromatic N) is 1. The average molecular weight is 371 g/mol. The molecule has 0 bridgehead atoms. The molecule has 0 aliphatic heterocycles. The van der Waals surface area contributed by atoms with Crippen LogP contribution in [-0.4, -0.2) is 27.8 Å². The molecule has 2 heterocycles. The third-order valence-corrected chi connectivity index (χ3v) is 5.42. The molecule has 1 amide bonds. The number of hydrogen-bond acceptors (Lipinski definition) is 2. The third-order valence-electron chi connectivity index (χ3n) is 5.42. The molecule has 1 atom stereocenters. The number of aryl methyl sites for hydroxylation is 2. The van der Waals surface area contributed by atoms with Crippen molar-refractivity contribution in [3.05, 3.63) is 68.9 Å². The van der Waals surface area contributed by atoms with Crippen molar-refractivity contribution >= 4 is 16.7 Å². The van der Waals surface area contributed by atoms with Gasteiger partial charge in [-0.2, -0.15) is 0 Å².